The van der Waals surface area contributed by atoms with Gasteiger partial charge in [0.1, 0.15) is 18.1 Å². The Labute approximate surface area is 210 Å². The van der Waals surface area contributed by atoms with Gasteiger partial charge in [0, 0.05) is 6.42 Å². The topological polar surface area (TPSA) is 214 Å². The van der Waals surface area contributed by atoms with Crippen molar-refractivity contribution in [2.45, 2.75) is 83.0 Å². The third-order valence-corrected chi connectivity index (χ3v) is 6.25. The van der Waals surface area contributed by atoms with Crippen molar-refractivity contribution in [3.05, 3.63) is 0 Å². The first-order chi connectivity index (χ1) is 16.5. The third-order valence-electron chi connectivity index (χ3n) is 5.60. The second-order valence-electron chi connectivity index (χ2n) is 8.44. The molecule has 0 aromatic rings. The van der Waals surface area contributed by atoms with Crippen molar-refractivity contribution in [1.29, 1.82) is 0 Å². The van der Waals surface area contributed by atoms with Crippen molar-refractivity contribution < 1.29 is 34.2 Å². The molecule has 35 heavy (non-hydrogen) atoms. The molecule has 0 saturated heterocycles. The lowest BCUT2D eigenvalue weighted by atomic mass is 9.97. The van der Waals surface area contributed by atoms with Crippen LogP contribution >= 0.6 is 11.8 Å². The lowest BCUT2D eigenvalue weighted by Crippen LogP contribution is -2.58. The van der Waals surface area contributed by atoms with E-state index in [0.29, 0.717) is 31.6 Å². The zero-order valence-corrected chi connectivity index (χ0v) is 21.6. The Balaban J connectivity index is 5.50. The lowest BCUT2D eigenvalue weighted by molar-refractivity contribution is -0.142. The number of aliphatic carboxylic acids is 2. The van der Waals surface area contributed by atoms with Gasteiger partial charge in [-0.15, -0.1) is 0 Å². The minimum absolute atomic E-state index is 0.0944. The monoisotopic (exact) mass is 519 g/mol. The van der Waals surface area contributed by atoms with Gasteiger partial charge in [0.15, 0.2) is 0 Å². The molecule has 0 aliphatic rings. The van der Waals surface area contributed by atoms with Crippen LogP contribution in [0.25, 0.3) is 0 Å². The van der Waals surface area contributed by atoms with Gasteiger partial charge < -0.3 is 37.6 Å². The smallest absolute Gasteiger partial charge is 0.326 e. The maximum absolute atomic E-state index is 13.1. The van der Waals surface area contributed by atoms with E-state index in [4.69, 9.17) is 16.6 Å². The van der Waals surface area contributed by atoms with Crippen molar-refractivity contribution in [2.75, 3.05) is 18.6 Å². The van der Waals surface area contributed by atoms with Gasteiger partial charge in [-0.05, 0) is 56.6 Å². The fraction of sp³-hybridized carbons (Fsp3) is 0.773. The van der Waals surface area contributed by atoms with Gasteiger partial charge in [-0.25, -0.2) is 4.79 Å². The number of carbonyl (C=O) groups is 5. The Bertz CT molecular complexity index is 710. The molecule has 0 bridgehead atoms. The van der Waals surface area contributed by atoms with Crippen LogP contribution in [-0.4, -0.2) is 82.6 Å². The van der Waals surface area contributed by atoms with Crippen LogP contribution in [-0.2, 0) is 24.0 Å². The van der Waals surface area contributed by atoms with Crippen LogP contribution in [0.15, 0.2) is 0 Å². The number of carboxylic acid groups (broad SMARTS) is 2. The predicted octanol–water partition coefficient (Wildman–Crippen LogP) is -0.354. The molecule has 9 N–H and O–H groups in total. The minimum Gasteiger partial charge on any atom is -0.481 e. The maximum atomic E-state index is 13.1. The molecule has 0 aromatic carbocycles. The van der Waals surface area contributed by atoms with Crippen molar-refractivity contribution in [3.63, 3.8) is 0 Å². The molecule has 0 aliphatic heterocycles. The first-order valence-corrected chi connectivity index (χ1v) is 13.2. The van der Waals surface area contributed by atoms with Gasteiger partial charge in [-0.3, -0.25) is 19.2 Å². The van der Waals surface area contributed by atoms with Gasteiger partial charge in [-0.2, -0.15) is 11.8 Å². The highest BCUT2D eigenvalue weighted by molar-refractivity contribution is 7.98. The van der Waals surface area contributed by atoms with E-state index in [1.54, 1.807) is 6.92 Å². The van der Waals surface area contributed by atoms with Gasteiger partial charge in [0.25, 0.3) is 0 Å². The summed E-state index contributed by atoms with van der Waals surface area (Å²) < 4.78 is 0. The van der Waals surface area contributed by atoms with E-state index in [1.807, 2.05) is 13.2 Å². The Kier molecular flexibility index (Phi) is 16.7. The Morgan fingerprint density at radius 2 is 1.51 bits per heavy atom. The van der Waals surface area contributed by atoms with Crippen LogP contribution in [0.2, 0.25) is 0 Å². The van der Waals surface area contributed by atoms with Crippen molar-refractivity contribution >= 4 is 41.4 Å². The molecule has 3 amide bonds. The largest absolute Gasteiger partial charge is 0.481 e. The summed E-state index contributed by atoms with van der Waals surface area (Å²) in [5, 5.41) is 25.9. The summed E-state index contributed by atoms with van der Waals surface area (Å²) in [4.78, 5) is 60.8. The highest BCUT2D eigenvalue weighted by Gasteiger charge is 2.32. The molecule has 0 saturated carbocycles. The van der Waals surface area contributed by atoms with E-state index in [1.165, 1.54) is 11.8 Å². The first kappa shape index (κ1) is 32.6. The summed E-state index contributed by atoms with van der Waals surface area (Å²) in [5.41, 5.74) is 11.3. The molecule has 5 unspecified atom stereocenters. The maximum Gasteiger partial charge on any atom is 0.326 e. The molecule has 0 rings (SSSR count). The normalized spacial score (nSPS) is 15.2. The first-order valence-electron chi connectivity index (χ1n) is 11.8. The Hall–Kier alpha value is -2.38. The van der Waals surface area contributed by atoms with Crippen LogP contribution < -0.4 is 27.4 Å². The van der Waals surface area contributed by atoms with Gasteiger partial charge in [-0.1, -0.05) is 20.3 Å². The summed E-state index contributed by atoms with van der Waals surface area (Å²) in [7, 11) is 0. The fourth-order valence-electron chi connectivity index (χ4n) is 3.16. The lowest BCUT2D eigenvalue weighted by Gasteiger charge is -2.28. The molecule has 5 atom stereocenters. The molecule has 0 heterocycles. The molecular formula is C22H41N5O7S. The number of thioether (sulfide) groups is 1. The van der Waals surface area contributed by atoms with Crippen molar-refractivity contribution in [2.24, 2.45) is 17.4 Å². The van der Waals surface area contributed by atoms with Crippen molar-refractivity contribution in [1.82, 2.24) is 16.0 Å². The second-order valence-corrected chi connectivity index (χ2v) is 9.42. The van der Waals surface area contributed by atoms with Crippen molar-refractivity contribution in [3.8, 4) is 0 Å². The highest BCUT2D eigenvalue weighted by Crippen LogP contribution is 2.11. The molecule has 0 aromatic heterocycles. The molecule has 202 valence electrons. The van der Waals surface area contributed by atoms with Crippen LogP contribution in [0.4, 0.5) is 0 Å². The molecule has 0 fully saturated rings. The van der Waals surface area contributed by atoms with E-state index >= 15 is 0 Å². The number of amides is 3. The average Bonchev–Trinajstić information content (AvgIpc) is 2.81. The fourth-order valence-corrected chi connectivity index (χ4v) is 3.63. The predicted molar refractivity (Wildman–Crippen MR) is 134 cm³/mol. The van der Waals surface area contributed by atoms with Crippen LogP contribution in [0, 0.1) is 5.92 Å². The Morgan fingerprint density at radius 1 is 0.886 bits per heavy atom. The number of nitrogens with two attached hydrogens (primary N) is 2. The van der Waals surface area contributed by atoms with Gasteiger partial charge in [0.05, 0.1) is 6.04 Å². The molecule has 0 aliphatic carbocycles. The standard InChI is InChI=1S/C22H41N5O7S/c1-4-13(2)18(21(32)26-16(22(33)34)10-12-35-3)27-20(31)15(7-5-6-11-23)25-19(30)14(24)8-9-17(28)29/h13-16,18H,4-12,23-24H2,1-3H3,(H,25,30)(H,26,32)(H,27,31)(H,28,29)(H,33,34). The molecule has 0 spiro atoms. The van der Waals surface area contributed by atoms with Crippen LogP contribution in [0.1, 0.15) is 58.8 Å². The van der Waals surface area contributed by atoms with E-state index in [0.717, 1.165) is 0 Å². The Morgan fingerprint density at radius 3 is 2.03 bits per heavy atom. The minimum atomic E-state index is -1.16. The van der Waals surface area contributed by atoms with Crippen LogP contribution in [0.3, 0.4) is 0 Å². The SMILES string of the molecule is CCC(C)C(NC(=O)C(CCCCN)NC(=O)C(N)CCC(=O)O)C(=O)NC(CCSC)C(=O)O. The number of rotatable bonds is 19. The number of carbonyl (C=O) groups excluding carboxylic acids is 3. The number of hydrogen-bond donors (Lipinski definition) is 7. The van der Waals surface area contributed by atoms with Crippen LogP contribution in [0.5, 0.6) is 0 Å². The summed E-state index contributed by atoms with van der Waals surface area (Å²) in [6.07, 6.45) is 3.57. The zero-order chi connectivity index (χ0) is 27.0. The summed E-state index contributed by atoms with van der Waals surface area (Å²) in [5.74, 6) is -3.94. The zero-order valence-electron chi connectivity index (χ0n) is 20.7. The third kappa shape index (κ3) is 13.3. The summed E-state index contributed by atoms with van der Waals surface area (Å²) in [6, 6.07) is -4.24. The number of unbranched alkanes of at least 4 members (excludes halogenated alkanes) is 1. The molecule has 12 nitrogen and oxygen atoms in total. The van der Waals surface area contributed by atoms with E-state index in [2.05, 4.69) is 16.0 Å². The summed E-state index contributed by atoms with van der Waals surface area (Å²) in [6.45, 7) is 3.98. The quantitative estimate of drug-likeness (QED) is 0.110. The summed E-state index contributed by atoms with van der Waals surface area (Å²) >= 11 is 1.45. The highest BCUT2D eigenvalue weighted by atomic mass is 32.2. The van der Waals surface area contributed by atoms with Gasteiger partial charge in [0.2, 0.25) is 17.7 Å². The van der Waals surface area contributed by atoms with E-state index < -0.39 is 53.8 Å². The molecular weight excluding hydrogens is 478 g/mol. The molecule has 13 heteroatoms. The number of nitrogens with one attached hydrogen (secondary N) is 3. The number of hydrogen-bond acceptors (Lipinski definition) is 8. The average molecular weight is 520 g/mol. The van der Waals surface area contributed by atoms with E-state index in [-0.39, 0.29) is 31.6 Å². The van der Waals surface area contributed by atoms with E-state index in [9.17, 15) is 29.1 Å². The van der Waals surface area contributed by atoms with Gasteiger partial charge >= 0.3 is 11.9 Å². The number of carboxylic acids is 2. The second kappa shape index (κ2) is 18.0. The molecule has 0 radical (unpaired) electrons.